The van der Waals surface area contributed by atoms with E-state index in [0.29, 0.717) is 32.9 Å². The van der Waals surface area contributed by atoms with E-state index in [4.69, 9.17) is 14.2 Å². The van der Waals surface area contributed by atoms with Crippen LogP contribution in [0.2, 0.25) is 0 Å². The topological polar surface area (TPSA) is 80.6 Å². The van der Waals surface area contributed by atoms with Crippen molar-refractivity contribution in [3.63, 3.8) is 0 Å². The number of benzene rings is 1. The molecule has 1 N–H and O–H groups in total. The van der Waals surface area contributed by atoms with Gasteiger partial charge in [0.25, 0.3) is 0 Å². The fourth-order valence-electron chi connectivity index (χ4n) is 5.63. The van der Waals surface area contributed by atoms with Crippen LogP contribution in [0.15, 0.2) is 48.8 Å². The molecule has 5 heterocycles. The summed E-state index contributed by atoms with van der Waals surface area (Å²) >= 11 is 0. The van der Waals surface area contributed by atoms with E-state index in [1.54, 1.807) is 4.90 Å². The Balaban J connectivity index is 1.18. The molecule has 3 aromatic rings. The molecular weight excluding hydrogens is 470 g/mol. The molecule has 0 saturated carbocycles. The number of nitrogens with zero attached hydrogens (tertiary/aromatic N) is 4. The molecule has 196 valence electrons. The predicted octanol–water partition coefficient (Wildman–Crippen LogP) is 3.27. The molecule has 0 bridgehead atoms. The maximum atomic E-state index is 12.4. The number of fused-ring (bicyclic) bond motifs is 1. The van der Waals surface area contributed by atoms with E-state index in [2.05, 4.69) is 64.8 Å². The number of aromatic nitrogens is 2. The summed E-state index contributed by atoms with van der Waals surface area (Å²) in [5, 5.41) is 8.07. The Labute approximate surface area is 217 Å². The highest BCUT2D eigenvalue weighted by Crippen LogP contribution is 2.35. The Hall–Kier alpha value is -3.14. The Bertz CT molecular complexity index is 1220. The van der Waals surface area contributed by atoms with Gasteiger partial charge in [0.15, 0.2) is 6.10 Å². The molecule has 9 nitrogen and oxygen atoms in total. The van der Waals surface area contributed by atoms with Crippen LogP contribution in [0.5, 0.6) is 0 Å². The van der Waals surface area contributed by atoms with Gasteiger partial charge in [0.2, 0.25) is 0 Å². The average molecular weight is 506 g/mol. The summed E-state index contributed by atoms with van der Waals surface area (Å²) in [6, 6.07) is 13.1. The van der Waals surface area contributed by atoms with Crippen LogP contribution in [0.4, 0.5) is 10.5 Å². The van der Waals surface area contributed by atoms with Gasteiger partial charge in [0, 0.05) is 57.3 Å². The van der Waals surface area contributed by atoms with Gasteiger partial charge >= 0.3 is 6.09 Å². The lowest BCUT2D eigenvalue weighted by Gasteiger charge is -2.38. The minimum Gasteiger partial charge on any atom is -0.441 e. The van der Waals surface area contributed by atoms with Crippen LogP contribution >= 0.6 is 0 Å². The summed E-state index contributed by atoms with van der Waals surface area (Å²) in [7, 11) is 0. The molecule has 1 amide bonds. The second kappa shape index (κ2) is 10.3. The quantitative estimate of drug-likeness (QED) is 0.551. The number of carbonyl (C=O) groups excluding carboxylic acids is 1. The normalized spacial score (nSPS) is 22.7. The van der Waals surface area contributed by atoms with Crippen molar-refractivity contribution < 1.29 is 19.0 Å². The monoisotopic (exact) mass is 505 g/mol. The number of amides is 1. The van der Waals surface area contributed by atoms with Gasteiger partial charge in [-0.05, 0) is 49.6 Å². The first-order chi connectivity index (χ1) is 18.1. The van der Waals surface area contributed by atoms with Crippen molar-refractivity contribution in [1.82, 2.24) is 19.8 Å². The largest absolute Gasteiger partial charge is 0.441 e. The van der Waals surface area contributed by atoms with E-state index >= 15 is 0 Å². The highest BCUT2D eigenvalue weighted by molar-refractivity contribution is 5.80. The molecule has 3 aliphatic rings. The van der Waals surface area contributed by atoms with Crippen LogP contribution in [0, 0.1) is 0 Å². The van der Waals surface area contributed by atoms with Crippen LogP contribution in [0.25, 0.3) is 16.6 Å². The third kappa shape index (κ3) is 4.79. The minimum absolute atomic E-state index is 0.0948. The van der Waals surface area contributed by atoms with Crippen molar-refractivity contribution in [2.75, 3.05) is 64.0 Å². The molecule has 3 saturated heterocycles. The SMILES string of the molecule is CCO[C@@]1(c2ccc(-c3cc4c(N5CCN(C(=O)OC6COC6)CC5)ccnn4c3)cc2)CCCNC1. The van der Waals surface area contributed by atoms with Gasteiger partial charge in [0.05, 0.1) is 24.4 Å². The molecule has 0 unspecified atom stereocenters. The van der Waals surface area contributed by atoms with Gasteiger partial charge in [-0.2, -0.15) is 5.10 Å². The van der Waals surface area contributed by atoms with E-state index in [1.165, 1.54) is 5.56 Å². The first-order valence-electron chi connectivity index (χ1n) is 13.4. The van der Waals surface area contributed by atoms with Gasteiger partial charge in [-0.1, -0.05) is 24.3 Å². The number of hydrogen-bond acceptors (Lipinski definition) is 7. The van der Waals surface area contributed by atoms with Crippen molar-refractivity contribution in [3.8, 4) is 11.1 Å². The Morgan fingerprint density at radius 1 is 1.14 bits per heavy atom. The molecule has 1 aromatic carbocycles. The highest BCUT2D eigenvalue weighted by Gasteiger charge is 2.34. The number of ether oxygens (including phenoxy) is 3. The van der Waals surface area contributed by atoms with E-state index in [0.717, 1.165) is 61.4 Å². The number of hydrogen-bond donors (Lipinski definition) is 1. The van der Waals surface area contributed by atoms with Crippen LogP contribution in [0.3, 0.4) is 0 Å². The summed E-state index contributed by atoms with van der Waals surface area (Å²) < 4.78 is 18.8. The fraction of sp³-hybridized carbons (Fsp3) is 0.500. The first-order valence-corrected chi connectivity index (χ1v) is 13.4. The third-order valence-corrected chi connectivity index (χ3v) is 7.75. The van der Waals surface area contributed by atoms with E-state index in [-0.39, 0.29) is 17.8 Å². The van der Waals surface area contributed by atoms with E-state index < -0.39 is 0 Å². The molecule has 1 atom stereocenters. The number of carbonyl (C=O) groups is 1. The third-order valence-electron chi connectivity index (χ3n) is 7.75. The number of rotatable bonds is 6. The van der Waals surface area contributed by atoms with Gasteiger partial charge < -0.3 is 29.3 Å². The lowest BCUT2D eigenvalue weighted by Crippen LogP contribution is -2.51. The minimum atomic E-state index is -0.244. The Morgan fingerprint density at radius 2 is 1.95 bits per heavy atom. The number of piperidine rings is 1. The van der Waals surface area contributed by atoms with Crippen molar-refractivity contribution in [3.05, 3.63) is 54.4 Å². The second-order valence-corrected chi connectivity index (χ2v) is 10.1. The van der Waals surface area contributed by atoms with Crippen molar-refractivity contribution in [1.29, 1.82) is 0 Å². The summed E-state index contributed by atoms with van der Waals surface area (Å²) in [6.07, 6.45) is 5.75. The highest BCUT2D eigenvalue weighted by atomic mass is 16.6. The van der Waals surface area contributed by atoms with Crippen molar-refractivity contribution in [2.45, 2.75) is 31.5 Å². The van der Waals surface area contributed by atoms with E-state index in [9.17, 15) is 4.79 Å². The molecule has 0 radical (unpaired) electrons. The van der Waals surface area contributed by atoms with Crippen LogP contribution in [-0.4, -0.2) is 85.8 Å². The zero-order chi connectivity index (χ0) is 25.2. The summed E-state index contributed by atoms with van der Waals surface area (Å²) in [4.78, 5) is 16.5. The smallest absolute Gasteiger partial charge is 0.410 e. The van der Waals surface area contributed by atoms with E-state index in [1.807, 2.05) is 10.7 Å². The maximum Gasteiger partial charge on any atom is 0.410 e. The Kier molecular flexibility index (Phi) is 6.75. The van der Waals surface area contributed by atoms with Gasteiger partial charge in [-0.3, -0.25) is 0 Å². The van der Waals surface area contributed by atoms with Gasteiger partial charge in [0.1, 0.15) is 5.60 Å². The summed E-state index contributed by atoms with van der Waals surface area (Å²) in [5.41, 5.74) is 5.46. The van der Waals surface area contributed by atoms with Crippen molar-refractivity contribution in [2.24, 2.45) is 0 Å². The van der Waals surface area contributed by atoms with Crippen LogP contribution < -0.4 is 10.2 Å². The number of piperazine rings is 1. The zero-order valence-electron chi connectivity index (χ0n) is 21.4. The van der Waals surface area contributed by atoms with Crippen LogP contribution in [0.1, 0.15) is 25.3 Å². The first kappa shape index (κ1) is 24.2. The summed E-state index contributed by atoms with van der Waals surface area (Å²) in [5.74, 6) is 0. The molecule has 0 aliphatic carbocycles. The molecular formula is C28H35N5O4. The number of nitrogens with one attached hydrogen (secondary N) is 1. The molecule has 3 fully saturated rings. The second-order valence-electron chi connectivity index (χ2n) is 10.1. The average Bonchev–Trinajstić information content (AvgIpc) is 3.36. The molecule has 3 aliphatic heterocycles. The maximum absolute atomic E-state index is 12.4. The van der Waals surface area contributed by atoms with Crippen LogP contribution in [-0.2, 0) is 19.8 Å². The summed E-state index contributed by atoms with van der Waals surface area (Å²) in [6.45, 7) is 8.44. The Morgan fingerprint density at radius 3 is 2.62 bits per heavy atom. The molecule has 9 heteroatoms. The molecule has 2 aromatic heterocycles. The van der Waals surface area contributed by atoms with Gasteiger partial charge in [-0.25, -0.2) is 9.31 Å². The number of anilines is 1. The molecule has 0 spiro atoms. The van der Waals surface area contributed by atoms with Crippen molar-refractivity contribution >= 4 is 17.3 Å². The lowest BCUT2D eigenvalue weighted by atomic mass is 9.85. The lowest BCUT2D eigenvalue weighted by molar-refractivity contribution is -0.104. The standard InChI is InChI=1S/C28H35N5O4/c1-2-36-28(9-3-10-29-20-28)23-6-4-21(5-7-23)22-16-26-25(8-11-30-33(26)17-22)31-12-14-32(15-13-31)27(34)37-24-18-35-19-24/h4-8,11,16-17,24,29H,2-3,9-10,12-15,18-20H2,1H3/t28-/m0/s1. The predicted molar refractivity (Wildman–Crippen MR) is 141 cm³/mol. The fourth-order valence-corrected chi connectivity index (χ4v) is 5.63. The molecule has 37 heavy (non-hydrogen) atoms. The molecule has 6 rings (SSSR count). The zero-order valence-corrected chi connectivity index (χ0v) is 21.4. The van der Waals surface area contributed by atoms with Gasteiger partial charge in [-0.15, -0.1) is 0 Å².